The highest BCUT2D eigenvalue weighted by atomic mass is 32.2. The summed E-state index contributed by atoms with van der Waals surface area (Å²) in [7, 11) is 0. The highest BCUT2D eigenvalue weighted by molar-refractivity contribution is 7.99. The van der Waals surface area contributed by atoms with E-state index in [9.17, 15) is 4.79 Å². The van der Waals surface area contributed by atoms with Crippen LogP contribution in [-0.4, -0.2) is 37.6 Å². The topological polar surface area (TPSA) is 85.1 Å². The van der Waals surface area contributed by atoms with Gasteiger partial charge in [-0.25, -0.2) is 5.43 Å². The van der Waals surface area contributed by atoms with E-state index in [1.807, 2.05) is 54.8 Å². The molecule has 1 N–H and O–H groups in total. The van der Waals surface area contributed by atoms with Crippen LogP contribution in [0.4, 0.5) is 0 Å². The van der Waals surface area contributed by atoms with Gasteiger partial charge in [-0.3, -0.25) is 9.78 Å². The van der Waals surface area contributed by atoms with Gasteiger partial charge in [-0.05, 0) is 26.0 Å². The summed E-state index contributed by atoms with van der Waals surface area (Å²) in [6, 6.07) is 13.6. The molecule has 3 aromatic rings. The average molecular weight is 380 g/mol. The van der Waals surface area contributed by atoms with Crippen LogP contribution in [0.15, 0.2) is 58.9 Å². The van der Waals surface area contributed by atoms with Crippen molar-refractivity contribution in [3.8, 4) is 11.4 Å². The van der Waals surface area contributed by atoms with Crippen LogP contribution in [0.1, 0.15) is 18.2 Å². The Kier molecular flexibility index (Phi) is 6.32. The van der Waals surface area contributed by atoms with E-state index >= 15 is 0 Å². The number of thioether (sulfide) groups is 1. The highest BCUT2D eigenvalue weighted by Gasteiger charge is 2.14. The summed E-state index contributed by atoms with van der Waals surface area (Å²) in [4.78, 5) is 16.1. The normalized spacial score (nSPS) is 11.0. The zero-order chi connectivity index (χ0) is 19.1. The number of hydrogen-bond donors (Lipinski definition) is 1. The van der Waals surface area contributed by atoms with Crippen LogP contribution in [-0.2, 0) is 11.3 Å². The van der Waals surface area contributed by atoms with E-state index < -0.39 is 0 Å². The first-order chi connectivity index (χ1) is 13.2. The predicted molar refractivity (Wildman–Crippen MR) is 107 cm³/mol. The Morgan fingerprint density at radius 1 is 1.22 bits per heavy atom. The van der Waals surface area contributed by atoms with Crippen molar-refractivity contribution in [3.05, 3.63) is 59.9 Å². The van der Waals surface area contributed by atoms with E-state index in [2.05, 4.69) is 25.7 Å². The Hall–Kier alpha value is -3.00. The summed E-state index contributed by atoms with van der Waals surface area (Å²) in [5, 5.41) is 13.1. The number of pyridine rings is 1. The molecule has 138 valence electrons. The summed E-state index contributed by atoms with van der Waals surface area (Å²) >= 11 is 1.33. The number of rotatable bonds is 7. The summed E-state index contributed by atoms with van der Waals surface area (Å²) in [6.07, 6.45) is 3.18. The van der Waals surface area contributed by atoms with Crippen molar-refractivity contribution in [3.63, 3.8) is 0 Å². The number of carbonyl (C=O) groups excluding carboxylic acids is 1. The summed E-state index contributed by atoms with van der Waals surface area (Å²) in [5.41, 5.74) is 5.37. The maximum atomic E-state index is 12.0. The van der Waals surface area contributed by atoms with Gasteiger partial charge in [0.05, 0.1) is 17.7 Å². The standard InChI is InChI=1S/C19H20N6OS/c1-3-25-18(15-9-7-14(2)8-10-15)23-24-19(25)27-13-17(26)22-21-12-16-6-4-5-11-20-16/h4-12H,3,13H2,1-2H3,(H,22,26)/b21-12-. The number of hydrazone groups is 1. The number of amides is 1. The molecule has 0 spiro atoms. The Labute approximate surface area is 161 Å². The zero-order valence-electron chi connectivity index (χ0n) is 15.2. The van der Waals surface area contributed by atoms with Crippen molar-refractivity contribution in [2.45, 2.75) is 25.5 Å². The first-order valence-electron chi connectivity index (χ1n) is 8.53. The summed E-state index contributed by atoms with van der Waals surface area (Å²) in [6.45, 7) is 4.80. The molecule has 0 atom stereocenters. The number of aryl methyl sites for hydroxylation is 1. The second-order valence-electron chi connectivity index (χ2n) is 5.75. The van der Waals surface area contributed by atoms with E-state index in [-0.39, 0.29) is 11.7 Å². The third kappa shape index (κ3) is 5.01. The smallest absolute Gasteiger partial charge is 0.250 e. The minimum absolute atomic E-state index is 0.200. The van der Waals surface area contributed by atoms with Gasteiger partial charge in [-0.15, -0.1) is 10.2 Å². The quantitative estimate of drug-likeness (QED) is 0.387. The van der Waals surface area contributed by atoms with Gasteiger partial charge in [0.1, 0.15) is 0 Å². The Morgan fingerprint density at radius 3 is 2.74 bits per heavy atom. The molecule has 2 aromatic heterocycles. The van der Waals surface area contributed by atoms with Gasteiger partial charge >= 0.3 is 0 Å². The molecule has 1 aromatic carbocycles. The molecule has 1 amide bonds. The molecule has 27 heavy (non-hydrogen) atoms. The molecule has 0 aliphatic carbocycles. The lowest BCUT2D eigenvalue weighted by Gasteiger charge is -2.07. The molecule has 3 rings (SSSR count). The van der Waals surface area contributed by atoms with Gasteiger partial charge < -0.3 is 4.57 Å². The average Bonchev–Trinajstić information content (AvgIpc) is 3.10. The largest absolute Gasteiger partial charge is 0.302 e. The minimum atomic E-state index is -0.213. The molecule has 7 nitrogen and oxygen atoms in total. The molecule has 0 unspecified atom stereocenters. The van der Waals surface area contributed by atoms with E-state index in [1.54, 1.807) is 12.3 Å². The minimum Gasteiger partial charge on any atom is -0.302 e. The molecular weight excluding hydrogens is 360 g/mol. The number of hydrogen-bond acceptors (Lipinski definition) is 6. The highest BCUT2D eigenvalue weighted by Crippen LogP contribution is 2.24. The monoisotopic (exact) mass is 380 g/mol. The van der Waals surface area contributed by atoms with Crippen LogP contribution in [0, 0.1) is 6.92 Å². The van der Waals surface area contributed by atoms with Gasteiger partial charge in [-0.2, -0.15) is 5.10 Å². The van der Waals surface area contributed by atoms with Crippen LogP contribution in [0.25, 0.3) is 11.4 Å². The van der Waals surface area contributed by atoms with Crippen molar-refractivity contribution in [2.24, 2.45) is 5.10 Å². The van der Waals surface area contributed by atoms with Gasteiger partial charge in [0.15, 0.2) is 11.0 Å². The number of carbonyl (C=O) groups is 1. The molecule has 0 aliphatic heterocycles. The van der Waals surface area contributed by atoms with Crippen LogP contribution < -0.4 is 5.43 Å². The SMILES string of the molecule is CCn1c(SCC(=O)N/N=C\c2ccccn2)nnc1-c1ccc(C)cc1. The van der Waals surface area contributed by atoms with Gasteiger partial charge in [-0.1, -0.05) is 47.7 Å². The second kappa shape index (κ2) is 9.09. The number of benzene rings is 1. The van der Waals surface area contributed by atoms with E-state index in [1.165, 1.54) is 23.5 Å². The fraction of sp³-hybridized carbons (Fsp3) is 0.211. The fourth-order valence-corrected chi connectivity index (χ4v) is 3.18. The van der Waals surface area contributed by atoms with Gasteiger partial charge in [0.2, 0.25) is 0 Å². The van der Waals surface area contributed by atoms with E-state index in [0.29, 0.717) is 10.9 Å². The van der Waals surface area contributed by atoms with Crippen molar-refractivity contribution in [2.75, 3.05) is 5.75 Å². The maximum absolute atomic E-state index is 12.0. The molecule has 2 heterocycles. The van der Waals surface area contributed by atoms with Crippen molar-refractivity contribution >= 4 is 23.9 Å². The third-order valence-corrected chi connectivity index (χ3v) is 4.72. The van der Waals surface area contributed by atoms with Crippen LogP contribution in [0.3, 0.4) is 0 Å². The Balaban J connectivity index is 1.60. The van der Waals surface area contributed by atoms with Crippen molar-refractivity contribution < 1.29 is 4.79 Å². The first-order valence-corrected chi connectivity index (χ1v) is 9.52. The Morgan fingerprint density at radius 2 is 2.04 bits per heavy atom. The molecule has 0 aliphatic rings. The summed E-state index contributed by atoms with van der Waals surface area (Å²) < 4.78 is 2.00. The third-order valence-electron chi connectivity index (χ3n) is 3.75. The number of aromatic nitrogens is 4. The second-order valence-corrected chi connectivity index (χ2v) is 6.70. The molecule has 0 bridgehead atoms. The first kappa shape index (κ1) is 18.8. The van der Waals surface area contributed by atoms with Crippen LogP contribution in [0.2, 0.25) is 0 Å². The Bertz CT molecular complexity index is 921. The molecule has 0 saturated heterocycles. The van der Waals surface area contributed by atoms with Crippen molar-refractivity contribution in [1.29, 1.82) is 0 Å². The van der Waals surface area contributed by atoms with Gasteiger partial charge in [0.25, 0.3) is 5.91 Å². The van der Waals surface area contributed by atoms with Crippen LogP contribution in [0.5, 0.6) is 0 Å². The van der Waals surface area contributed by atoms with Gasteiger partial charge in [0, 0.05) is 18.3 Å². The molecule has 0 radical (unpaired) electrons. The molecule has 0 fully saturated rings. The number of nitrogens with zero attached hydrogens (tertiary/aromatic N) is 5. The lowest BCUT2D eigenvalue weighted by Crippen LogP contribution is -2.20. The summed E-state index contributed by atoms with van der Waals surface area (Å²) in [5.74, 6) is 0.786. The van der Waals surface area contributed by atoms with E-state index in [0.717, 1.165) is 17.9 Å². The molecule has 0 saturated carbocycles. The zero-order valence-corrected chi connectivity index (χ0v) is 16.0. The lowest BCUT2D eigenvalue weighted by atomic mass is 10.1. The molecular formula is C19H20N6OS. The van der Waals surface area contributed by atoms with Crippen molar-refractivity contribution in [1.82, 2.24) is 25.2 Å². The lowest BCUT2D eigenvalue weighted by molar-refractivity contribution is -0.118. The predicted octanol–water partition coefficient (Wildman–Crippen LogP) is 2.91. The van der Waals surface area contributed by atoms with E-state index in [4.69, 9.17) is 0 Å². The van der Waals surface area contributed by atoms with Crippen LogP contribution >= 0.6 is 11.8 Å². The molecule has 8 heteroatoms. The fourth-order valence-electron chi connectivity index (χ4n) is 2.38. The number of nitrogens with one attached hydrogen (secondary N) is 1. The maximum Gasteiger partial charge on any atom is 0.250 e.